The van der Waals surface area contributed by atoms with Gasteiger partial charge in [-0.15, -0.1) is 0 Å². The van der Waals surface area contributed by atoms with Crippen molar-refractivity contribution in [2.24, 2.45) is 11.5 Å². The van der Waals surface area contributed by atoms with E-state index in [1.807, 2.05) is 16.2 Å². The lowest BCUT2D eigenvalue weighted by molar-refractivity contribution is -0.120. The molecule has 12 heavy (non-hydrogen) atoms. The number of hydrazine groups is 1. The molecule has 0 aromatic heterocycles. The molecule has 0 aliphatic rings. The van der Waals surface area contributed by atoms with E-state index in [2.05, 4.69) is 11.5 Å². The van der Waals surface area contributed by atoms with Gasteiger partial charge in [-0.1, -0.05) is 0 Å². The maximum absolute atomic E-state index is 10.6. The Morgan fingerprint density at radius 3 is 2.00 bits per heavy atom. The minimum Gasteiger partial charge on any atom is -0.352 e. The third-order valence-electron chi connectivity index (χ3n) is 0.748. The summed E-state index contributed by atoms with van der Waals surface area (Å²) in [5.74, 6) is -0.632. The molecule has 0 heterocycles. The molecule has 68 valence electrons. The average molecular weight is 175 g/mol. The fraction of sp³-hybridized carbons (Fsp3) is 0.250. The number of nitrogens with one attached hydrogen (secondary N) is 3. The molecule has 0 radical (unpaired) electrons. The van der Waals surface area contributed by atoms with Crippen molar-refractivity contribution < 1.29 is 14.4 Å². The second kappa shape index (κ2) is 4.77. The molecule has 0 aromatic rings. The third-order valence-corrected chi connectivity index (χ3v) is 0.748. The minimum atomic E-state index is -0.901. The number of amides is 5. The Labute approximate surface area is 67.6 Å². The molecule has 0 aromatic carbocycles. The zero-order chi connectivity index (χ0) is 9.56. The molecule has 0 fully saturated rings. The van der Waals surface area contributed by atoms with Crippen LogP contribution in [-0.2, 0) is 4.79 Å². The first-order chi connectivity index (χ1) is 5.52. The van der Waals surface area contributed by atoms with Crippen LogP contribution in [0.15, 0.2) is 0 Å². The van der Waals surface area contributed by atoms with Gasteiger partial charge in [0, 0.05) is 0 Å². The fourth-order valence-electron chi connectivity index (χ4n) is 0.343. The predicted molar refractivity (Wildman–Crippen MR) is 38.4 cm³/mol. The third kappa shape index (κ3) is 6.13. The normalized spacial score (nSPS) is 8.33. The van der Waals surface area contributed by atoms with Crippen molar-refractivity contribution in [2.45, 2.75) is 0 Å². The number of rotatable bonds is 2. The van der Waals surface area contributed by atoms with E-state index in [-0.39, 0.29) is 6.54 Å². The van der Waals surface area contributed by atoms with Gasteiger partial charge in [0.25, 0.3) is 5.91 Å². The first-order valence-electron chi connectivity index (χ1n) is 2.90. The molecule has 5 amide bonds. The molecule has 0 rings (SSSR count). The zero-order valence-electron chi connectivity index (χ0n) is 6.09. The van der Waals surface area contributed by atoms with Crippen molar-refractivity contribution in [2.75, 3.05) is 6.54 Å². The summed E-state index contributed by atoms with van der Waals surface area (Å²) < 4.78 is 0. The van der Waals surface area contributed by atoms with Crippen molar-refractivity contribution in [1.29, 1.82) is 0 Å². The Balaban J connectivity index is 3.47. The Hall–Kier alpha value is -1.99. The molecule has 0 atom stereocenters. The van der Waals surface area contributed by atoms with Gasteiger partial charge in [0.2, 0.25) is 0 Å². The number of primary amides is 2. The number of hydrogen-bond acceptors (Lipinski definition) is 3. The molecule has 0 spiro atoms. The van der Waals surface area contributed by atoms with E-state index in [0.717, 1.165) is 0 Å². The SMILES string of the molecule is NC(=O)NCC(=O)NNC(N)=O. The highest BCUT2D eigenvalue weighted by Crippen LogP contribution is 1.60. The van der Waals surface area contributed by atoms with Crippen molar-refractivity contribution in [3.05, 3.63) is 0 Å². The maximum Gasteiger partial charge on any atom is 0.330 e. The van der Waals surface area contributed by atoms with E-state index in [0.29, 0.717) is 0 Å². The molecule has 0 saturated carbocycles. The Bertz CT molecular complexity index is 183. The van der Waals surface area contributed by atoms with Gasteiger partial charge in [0.1, 0.15) is 6.54 Å². The van der Waals surface area contributed by atoms with E-state index in [4.69, 9.17) is 0 Å². The van der Waals surface area contributed by atoms with Gasteiger partial charge in [-0.2, -0.15) is 0 Å². The van der Waals surface area contributed by atoms with Gasteiger partial charge in [-0.3, -0.25) is 10.2 Å². The number of nitrogens with two attached hydrogens (primary N) is 2. The largest absolute Gasteiger partial charge is 0.352 e. The Morgan fingerprint density at radius 2 is 1.58 bits per heavy atom. The van der Waals surface area contributed by atoms with Crippen LogP contribution in [0, 0.1) is 0 Å². The molecule has 7 N–H and O–H groups in total. The summed E-state index contributed by atoms with van der Waals surface area (Å²) in [6, 6.07) is -1.73. The van der Waals surface area contributed by atoms with Gasteiger partial charge in [-0.05, 0) is 0 Å². The van der Waals surface area contributed by atoms with Crippen molar-refractivity contribution in [3.63, 3.8) is 0 Å². The van der Waals surface area contributed by atoms with Crippen LogP contribution in [0.5, 0.6) is 0 Å². The minimum absolute atomic E-state index is 0.324. The van der Waals surface area contributed by atoms with Crippen LogP contribution < -0.4 is 27.6 Å². The summed E-state index contributed by atoms with van der Waals surface area (Å²) in [5.41, 5.74) is 13.0. The summed E-state index contributed by atoms with van der Waals surface area (Å²) in [6.07, 6.45) is 0. The van der Waals surface area contributed by atoms with Crippen molar-refractivity contribution in [3.8, 4) is 0 Å². The first kappa shape index (κ1) is 10.0. The van der Waals surface area contributed by atoms with Gasteiger partial charge in [0.15, 0.2) is 0 Å². The van der Waals surface area contributed by atoms with E-state index >= 15 is 0 Å². The molecule has 0 bridgehead atoms. The number of carbonyl (C=O) groups excluding carboxylic acids is 3. The number of urea groups is 2. The van der Waals surface area contributed by atoms with Crippen LogP contribution in [0.2, 0.25) is 0 Å². The van der Waals surface area contributed by atoms with Gasteiger partial charge in [0.05, 0.1) is 0 Å². The highest BCUT2D eigenvalue weighted by molar-refractivity contribution is 5.84. The molecule has 0 saturated heterocycles. The zero-order valence-corrected chi connectivity index (χ0v) is 6.09. The van der Waals surface area contributed by atoms with Crippen LogP contribution >= 0.6 is 0 Å². The van der Waals surface area contributed by atoms with E-state index in [9.17, 15) is 14.4 Å². The lowest BCUT2D eigenvalue weighted by atomic mass is 10.6. The molecular weight excluding hydrogens is 166 g/mol. The van der Waals surface area contributed by atoms with Crippen LogP contribution in [0.4, 0.5) is 9.59 Å². The van der Waals surface area contributed by atoms with Gasteiger partial charge >= 0.3 is 12.1 Å². The highest BCUT2D eigenvalue weighted by Gasteiger charge is 2.01. The number of carbonyl (C=O) groups is 3. The average Bonchev–Trinajstić information content (AvgIpc) is 1.96. The summed E-state index contributed by atoms with van der Waals surface area (Å²) in [6.45, 7) is -0.324. The smallest absolute Gasteiger partial charge is 0.330 e. The standard InChI is InChI=1S/C4H9N5O3/c5-3(11)7-1-2(10)8-9-4(6)12/h1H2,(H,8,10)(H3,5,7,11)(H3,6,9,12). The molecule has 0 unspecified atom stereocenters. The first-order valence-corrected chi connectivity index (χ1v) is 2.90. The van der Waals surface area contributed by atoms with Crippen LogP contribution in [0.25, 0.3) is 0 Å². The second-order valence-corrected chi connectivity index (χ2v) is 1.76. The second-order valence-electron chi connectivity index (χ2n) is 1.76. The highest BCUT2D eigenvalue weighted by atomic mass is 16.2. The van der Waals surface area contributed by atoms with E-state index in [1.54, 1.807) is 0 Å². The number of hydrogen-bond donors (Lipinski definition) is 5. The monoisotopic (exact) mass is 175 g/mol. The molecule has 8 heteroatoms. The summed E-state index contributed by atoms with van der Waals surface area (Å²) >= 11 is 0. The predicted octanol–water partition coefficient (Wildman–Crippen LogP) is -2.65. The van der Waals surface area contributed by atoms with Crippen molar-refractivity contribution in [1.82, 2.24) is 16.2 Å². The van der Waals surface area contributed by atoms with E-state index < -0.39 is 18.0 Å². The fourth-order valence-corrected chi connectivity index (χ4v) is 0.343. The van der Waals surface area contributed by atoms with Gasteiger partial charge in [-0.25, -0.2) is 15.0 Å². The lowest BCUT2D eigenvalue weighted by Crippen LogP contribution is -2.48. The van der Waals surface area contributed by atoms with Crippen LogP contribution in [0.1, 0.15) is 0 Å². The lowest BCUT2D eigenvalue weighted by Gasteiger charge is -2.03. The summed E-state index contributed by atoms with van der Waals surface area (Å²) in [7, 11) is 0. The van der Waals surface area contributed by atoms with Crippen LogP contribution in [0.3, 0.4) is 0 Å². The summed E-state index contributed by atoms with van der Waals surface area (Å²) in [5, 5.41) is 2.00. The van der Waals surface area contributed by atoms with E-state index in [1.165, 1.54) is 0 Å². The summed E-state index contributed by atoms with van der Waals surface area (Å²) in [4.78, 5) is 30.7. The Kier molecular flexibility index (Phi) is 3.98. The van der Waals surface area contributed by atoms with Crippen molar-refractivity contribution >= 4 is 18.0 Å². The topological polar surface area (TPSA) is 139 Å². The van der Waals surface area contributed by atoms with Crippen LogP contribution in [-0.4, -0.2) is 24.5 Å². The molecule has 0 aliphatic carbocycles. The molecular formula is C4H9N5O3. The van der Waals surface area contributed by atoms with Gasteiger partial charge < -0.3 is 16.8 Å². The molecule has 8 nitrogen and oxygen atoms in total. The maximum atomic E-state index is 10.6. The molecule has 0 aliphatic heterocycles. The quantitative estimate of drug-likeness (QED) is 0.293. The Morgan fingerprint density at radius 1 is 1.00 bits per heavy atom.